The molecule has 0 bridgehead atoms. The molecule has 1 aliphatic rings. The third-order valence-electron chi connectivity index (χ3n) is 2.48. The quantitative estimate of drug-likeness (QED) is 0.813. The first-order valence-electron chi connectivity index (χ1n) is 4.72. The number of likely N-dealkylation sites (tertiary alicyclic amines) is 1. The number of rotatable bonds is 2. The summed E-state index contributed by atoms with van der Waals surface area (Å²) in [6.07, 6.45) is 1.60. The lowest BCUT2D eigenvalue weighted by Crippen LogP contribution is -2.51. The number of nitrogens with zero attached hydrogens (tertiary/aromatic N) is 2. The summed E-state index contributed by atoms with van der Waals surface area (Å²) in [5.74, 6) is 0.252. The zero-order valence-corrected chi connectivity index (χ0v) is 9.64. The number of aliphatic hydroxyl groups is 1. The van der Waals surface area contributed by atoms with Crippen molar-refractivity contribution in [1.82, 2.24) is 9.88 Å². The molecule has 1 saturated heterocycles. The van der Waals surface area contributed by atoms with E-state index in [1.54, 1.807) is 23.2 Å². The third kappa shape index (κ3) is 2.18. The number of pyridine rings is 1. The zero-order chi connectivity index (χ0) is 10.8. The molecule has 1 fully saturated rings. The number of halogens is 1. The van der Waals surface area contributed by atoms with Crippen LogP contribution in [-0.4, -0.2) is 40.6 Å². The Labute approximate surface area is 96.1 Å². The van der Waals surface area contributed by atoms with Crippen LogP contribution in [0.2, 0.25) is 0 Å². The number of carbonyl (C=O) groups is 1. The maximum absolute atomic E-state index is 11.8. The highest BCUT2D eigenvalue weighted by molar-refractivity contribution is 9.10. The molecule has 1 aliphatic heterocycles. The van der Waals surface area contributed by atoms with Gasteiger partial charge in [0.05, 0.1) is 0 Å². The molecule has 2 rings (SSSR count). The molecular formula is C10H11BrN2O2. The summed E-state index contributed by atoms with van der Waals surface area (Å²) in [7, 11) is 0. The average Bonchev–Trinajstić information content (AvgIpc) is 2.16. The minimum Gasteiger partial charge on any atom is -0.396 e. The van der Waals surface area contributed by atoms with Crippen molar-refractivity contribution < 1.29 is 9.90 Å². The summed E-state index contributed by atoms with van der Waals surface area (Å²) in [4.78, 5) is 17.5. The van der Waals surface area contributed by atoms with Crippen molar-refractivity contribution in [2.75, 3.05) is 19.7 Å². The Morgan fingerprint density at radius 2 is 2.40 bits per heavy atom. The van der Waals surface area contributed by atoms with Gasteiger partial charge in [-0.1, -0.05) is 0 Å². The first-order valence-corrected chi connectivity index (χ1v) is 5.51. The lowest BCUT2D eigenvalue weighted by Gasteiger charge is -2.38. The van der Waals surface area contributed by atoms with Crippen LogP contribution in [0.4, 0.5) is 0 Å². The predicted octanol–water partition coefficient (Wildman–Crippen LogP) is 0.908. The summed E-state index contributed by atoms with van der Waals surface area (Å²) in [5.41, 5.74) is 0.633. The minimum atomic E-state index is 0.00259. The number of aromatic nitrogens is 1. The van der Waals surface area contributed by atoms with Gasteiger partial charge in [0, 0.05) is 37.4 Å². The Kier molecular flexibility index (Phi) is 3.02. The molecule has 1 aromatic rings. The first-order chi connectivity index (χ1) is 7.20. The molecule has 1 N–H and O–H groups in total. The van der Waals surface area contributed by atoms with Gasteiger partial charge in [-0.25, -0.2) is 4.98 Å². The van der Waals surface area contributed by atoms with E-state index in [2.05, 4.69) is 20.9 Å². The highest BCUT2D eigenvalue weighted by atomic mass is 79.9. The summed E-state index contributed by atoms with van der Waals surface area (Å²) in [6, 6.07) is 3.40. The van der Waals surface area contributed by atoms with Crippen LogP contribution in [0.25, 0.3) is 0 Å². The second-order valence-electron chi connectivity index (χ2n) is 3.63. The zero-order valence-electron chi connectivity index (χ0n) is 8.06. The number of amides is 1. The van der Waals surface area contributed by atoms with Crippen LogP contribution >= 0.6 is 15.9 Å². The fourth-order valence-corrected chi connectivity index (χ4v) is 1.93. The van der Waals surface area contributed by atoms with Crippen LogP contribution < -0.4 is 0 Å². The smallest absolute Gasteiger partial charge is 0.254 e. The Morgan fingerprint density at radius 1 is 1.67 bits per heavy atom. The molecule has 5 heteroatoms. The Hall–Kier alpha value is -0.940. The van der Waals surface area contributed by atoms with Crippen molar-refractivity contribution in [1.29, 1.82) is 0 Å². The second-order valence-corrected chi connectivity index (χ2v) is 4.44. The van der Waals surface area contributed by atoms with Crippen LogP contribution in [0.15, 0.2) is 22.9 Å². The Morgan fingerprint density at radius 3 is 3.00 bits per heavy atom. The summed E-state index contributed by atoms with van der Waals surface area (Å²) in [5, 5.41) is 8.84. The average molecular weight is 271 g/mol. The molecule has 1 aromatic heterocycles. The van der Waals surface area contributed by atoms with Crippen molar-refractivity contribution in [2.24, 2.45) is 5.92 Å². The Bertz CT molecular complexity index is 377. The van der Waals surface area contributed by atoms with E-state index in [0.29, 0.717) is 23.3 Å². The standard InChI is InChI=1S/C10H11BrN2O2/c11-9-3-8(1-2-12-9)10(15)13-4-7(5-13)6-14/h1-3,7,14H,4-6H2. The fourth-order valence-electron chi connectivity index (χ4n) is 1.57. The van der Waals surface area contributed by atoms with Crippen LogP contribution in [0.1, 0.15) is 10.4 Å². The van der Waals surface area contributed by atoms with Crippen LogP contribution in [0.3, 0.4) is 0 Å². The van der Waals surface area contributed by atoms with Crippen molar-refractivity contribution in [3.63, 3.8) is 0 Å². The van der Waals surface area contributed by atoms with E-state index in [-0.39, 0.29) is 18.4 Å². The molecule has 4 nitrogen and oxygen atoms in total. The topological polar surface area (TPSA) is 53.4 Å². The molecule has 80 valence electrons. The highest BCUT2D eigenvalue weighted by Crippen LogP contribution is 2.19. The summed E-state index contributed by atoms with van der Waals surface area (Å²) in [6.45, 7) is 1.45. The number of hydrogen-bond acceptors (Lipinski definition) is 3. The number of aliphatic hydroxyl groups excluding tert-OH is 1. The molecule has 0 spiro atoms. The van der Waals surface area contributed by atoms with Crippen LogP contribution in [0, 0.1) is 5.92 Å². The van der Waals surface area contributed by atoms with Gasteiger partial charge in [0.25, 0.3) is 5.91 Å². The van der Waals surface area contributed by atoms with Gasteiger partial charge in [-0.15, -0.1) is 0 Å². The molecular weight excluding hydrogens is 260 g/mol. The summed E-state index contributed by atoms with van der Waals surface area (Å²) >= 11 is 3.22. The van der Waals surface area contributed by atoms with Crippen LogP contribution in [0.5, 0.6) is 0 Å². The van der Waals surface area contributed by atoms with Crippen molar-refractivity contribution in [3.8, 4) is 0 Å². The molecule has 0 saturated carbocycles. The van der Waals surface area contributed by atoms with Gasteiger partial charge < -0.3 is 10.0 Å². The van der Waals surface area contributed by atoms with Crippen LogP contribution in [-0.2, 0) is 0 Å². The normalized spacial score (nSPS) is 16.3. The van der Waals surface area contributed by atoms with E-state index >= 15 is 0 Å². The molecule has 2 heterocycles. The molecule has 0 aliphatic carbocycles. The highest BCUT2D eigenvalue weighted by Gasteiger charge is 2.30. The lowest BCUT2D eigenvalue weighted by molar-refractivity contribution is 0.0362. The SMILES string of the molecule is O=C(c1ccnc(Br)c1)N1CC(CO)C1. The van der Waals surface area contributed by atoms with Gasteiger partial charge in [-0.3, -0.25) is 4.79 Å². The number of hydrogen-bond donors (Lipinski definition) is 1. The molecule has 0 unspecified atom stereocenters. The minimum absolute atomic E-state index is 0.00259. The third-order valence-corrected chi connectivity index (χ3v) is 2.91. The fraction of sp³-hybridized carbons (Fsp3) is 0.400. The predicted molar refractivity (Wildman–Crippen MR) is 58.4 cm³/mol. The monoisotopic (exact) mass is 270 g/mol. The molecule has 1 amide bonds. The van der Waals surface area contributed by atoms with Gasteiger partial charge >= 0.3 is 0 Å². The first kappa shape index (κ1) is 10.6. The van der Waals surface area contributed by atoms with Gasteiger partial charge in [-0.05, 0) is 28.1 Å². The number of carbonyl (C=O) groups excluding carboxylic acids is 1. The molecule has 0 atom stereocenters. The Balaban J connectivity index is 2.03. The van der Waals surface area contributed by atoms with E-state index in [9.17, 15) is 4.79 Å². The van der Waals surface area contributed by atoms with E-state index in [4.69, 9.17) is 5.11 Å². The van der Waals surface area contributed by atoms with Gasteiger partial charge in [0.2, 0.25) is 0 Å². The largest absolute Gasteiger partial charge is 0.396 e. The maximum atomic E-state index is 11.8. The van der Waals surface area contributed by atoms with Gasteiger partial charge in [0.15, 0.2) is 0 Å². The van der Waals surface area contributed by atoms with Gasteiger partial charge in [-0.2, -0.15) is 0 Å². The molecule has 0 aromatic carbocycles. The molecule has 15 heavy (non-hydrogen) atoms. The second kappa shape index (κ2) is 4.28. The van der Waals surface area contributed by atoms with Crippen molar-refractivity contribution in [3.05, 3.63) is 28.5 Å². The maximum Gasteiger partial charge on any atom is 0.254 e. The van der Waals surface area contributed by atoms with E-state index in [1.807, 2.05) is 0 Å². The van der Waals surface area contributed by atoms with Gasteiger partial charge in [0.1, 0.15) is 4.60 Å². The van der Waals surface area contributed by atoms with Crippen molar-refractivity contribution in [2.45, 2.75) is 0 Å². The van der Waals surface area contributed by atoms with E-state index in [1.165, 1.54) is 0 Å². The van der Waals surface area contributed by atoms with E-state index < -0.39 is 0 Å². The molecule has 0 radical (unpaired) electrons. The van der Waals surface area contributed by atoms with E-state index in [0.717, 1.165) is 0 Å². The lowest BCUT2D eigenvalue weighted by atomic mass is 10.0. The summed E-state index contributed by atoms with van der Waals surface area (Å²) < 4.78 is 0.660. The van der Waals surface area contributed by atoms with Crippen molar-refractivity contribution >= 4 is 21.8 Å².